The van der Waals surface area contributed by atoms with Gasteiger partial charge in [0.15, 0.2) is 0 Å². The van der Waals surface area contributed by atoms with E-state index in [2.05, 4.69) is 9.71 Å². The lowest BCUT2D eigenvalue weighted by Gasteiger charge is -2.17. The third-order valence-electron chi connectivity index (χ3n) is 4.16. The molecular weight excluding hydrogens is 334 g/mol. The van der Waals surface area contributed by atoms with Crippen LogP contribution in [0, 0.1) is 13.8 Å². The van der Waals surface area contributed by atoms with Crippen molar-refractivity contribution in [1.82, 2.24) is 14.3 Å². The van der Waals surface area contributed by atoms with Gasteiger partial charge in [-0.1, -0.05) is 24.3 Å². The molecule has 0 saturated carbocycles. The summed E-state index contributed by atoms with van der Waals surface area (Å²) in [5.41, 5.74) is 3.53. The van der Waals surface area contributed by atoms with Crippen LogP contribution in [0.4, 0.5) is 0 Å². The van der Waals surface area contributed by atoms with Crippen molar-refractivity contribution in [2.75, 3.05) is 0 Å². The molecule has 3 aromatic rings. The van der Waals surface area contributed by atoms with Gasteiger partial charge in [0.05, 0.1) is 11.2 Å². The number of hydrogen-bond acceptors (Lipinski definition) is 3. The quantitative estimate of drug-likeness (QED) is 0.761. The van der Waals surface area contributed by atoms with Crippen molar-refractivity contribution in [1.29, 1.82) is 0 Å². The molecule has 0 fully saturated rings. The average molecular weight is 355 g/mol. The van der Waals surface area contributed by atoms with Gasteiger partial charge < -0.3 is 4.57 Å². The number of rotatable bonds is 5. The zero-order chi connectivity index (χ0) is 18.0. The van der Waals surface area contributed by atoms with E-state index < -0.39 is 10.0 Å². The molecule has 0 bridgehead atoms. The molecule has 1 atom stereocenters. The minimum Gasteiger partial charge on any atom is -0.306 e. The Bertz CT molecular complexity index is 962. The zero-order valence-electron chi connectivity index (χ0n) is 14.5. The zero-order valence-corrected chi connectivity index (χ0v) is 15.3. The third-order valence-corrected chi connectivity index (χ3v) is 5.84. The fourth-order valence-corrected chi connectivity index (χ4v) is 4.27. The summed E-state index contributed by atoms with van der Waals surface area (Å²) in [6.45, 7) is 5.53. The lowest BCUT2D eigenvalue weighted by Crippen LogP contribution is -2.27. The maximum absolute atomic E-state index is 12.7. The van der Waals surface area contributed by atoms with Crippen molar-refractivity contribution in [3.8, 4) is 5.69 Å². The van der Waals surface area contributed by atoms with Gasteiger partial charge in [-0.3, -0.25) is 0 Å². The van der Waals surface area contributed by atoms with E-state index in [0.29, 0.717) is 4.90 Å². The molecule has 0 aliphatic rings. The Morgan fingerprint density at radius 2 is 1.80 bits per heavy atom. The molecule has 2 aromatic carbocycles. The minimum absolute atomic E-state index is 0.328. The van der Waals surface area contributed by atoms with Crippen LogP contribution in [-0.2, 0) is 10.0 Å². The van der Waals surface area contributed by atoms with E-state index >= 15 is 0 Å². The molecule has 1 heterocycles. The SMILES string of the molecule is Cc1ccc(C)c(S(=O)(=O)N[C@H](C)c2ccc(-n3ccnc3)cc2)c1. The van der Waals surface area contributed by atoms with Gasteiger partial charge in [-0.15, -0.1) is 0 Å². The van der Waals surface area contributed by atoms with E-state index in [1.165, 1.54) is 0 Å². The van der Waals surface area contributed by atoms with E-state index in [1.807, 2.05) is 61.0 Å². The van der Waals surface area contributed by atoms with Crippen LogP contribution in [0.2, 0.25) is 0 Å². The lowest BCUT2D eigenvalue weighted by molar-refractivity contribution is 0.566. The summed E-state index contributed by atoms with van der Waals surface area (Å²) in [7, 11) is -3.58. The molecule has 0 unspecified atom stereocenters. The second-order valence-electron chi connectivity index (χ2n) is 6.17. The van der Waals surface area contributed by atoms with Gasteiger partial charge in [0.25, 0.3) is 0 Å². The monoisotopic (exact) mass is 355 g/mol. The first-order valence-corrected chi connectivity index (χ1v) is 9.53. The molecule has 0 spiro atoms. The van der Waals surface area contributed by atoms with Crippen LogP contribution in [-0.4, -0.2) is 18.0 Å². The Morgan fingerprint density at radius 1 is 1.08 bits per heavy atom. The summed E-state index contributed by atoms with van der Waals surface area (Å²) < 4.78 is 30.1. The molecular formula is C19H21N3O2S. The van der Waals surface area contributed by atoms with Crippen LogP contribution >= 0.6 is 0 Å². The predicted octanol–water partition coefficient (Wildman–Crippen LogP) is 3.53. The molecule has 0 amide bonds. The number of nitrogens with one attached hydrogen (secondary N) is 1. The molecule has 6 heteroatoms. The molecule has 1 N–H and O–H groups in total. The Hall–Kier alpha value is -2.44. The molecule has 0 aliphatic carbocycles. The topological polar surface area (TPSA) is 64.0 Å². The number of sulfonamides is 1. The number of aryl methyl sites for hydroxylation is 2. The first kappa shape index (κ1) is 17.4. The van der Waals surface area contributed by atoms with Crippen LogP contribution < -0.4 is 4.72 Å². The lowest BCUT2D eigenvalue weighted by atomic mass is 10.1. The van der Waals surface area contributed by atoms with Crippen LogP contribution in [0.5, 0.6) is 0 Å². The molecule has 0 saturated heterocycles. The van der Waals surface area contributed by atoms with Crippen molar-refractivity contribution in [3.05, 3.63) is 77.9 Å². The number of hydrogen-bond donors (Lipinski definition) is 1. The number of imidazole rings is 1. The van der Waals surface area contributed by atoms with Gasteiger partial charge in [0.1, 0.15) is 0 Å². The molecule has 5 nitrogen and oxygen atoms in total. The highest BCUT2D eigenvalue weighted by Crippen LogP contribution is 2.21. The second-order valence-corrected chi connectivity index (χ2v) is 7.86. The maximum atomic E-state index is 12.7. The molecule has 3 rings (SSSR count). The highest BCUT2D eigenvalue weighted by atomic mass is 32.2. The largest absolute Gasteiger partial charge is 0.306 e. The number of benzene rings is 2. The summed E-state index contributed by atoms with van der Waals surface area (Å²) in [6.07, 6.45) is 5.30. The molecule has 0 aliphatic heterocycles. The summed E-state index contributed by atoms with van der Waals surface area (Å²) in [5.74, 6) is 0. The van der Waals surface area contributed by atoms with E-state index in [4.69, 9.17) is 0 Å². The first-order valence-electron chi connectivity index (χ1n) is 8.05. The fourth-order valence-electron chi connectivity index (χ4n) is 2.71. The standard InChI is InChI=1S/C19H21N3O2S/c1-14-4-5-15(2)19(12-14)25(23,24)21-16(3)17-6-8-18(9-7-17)22-11-10-20-13-22/h4-13,16,21H,1-3H3/t16-/m1/s1. The average Bonchev–Trinajstić information content (AvgIpc) is 3.11. The van der Waals surface area contributed by atoms with Gasteiger partial charge >= 0.3 is 0 Å². The van der Waals surface area contributed by atoms with Crippen LogP contribution in [0.25, 0.3) is 5.69 Å². The second kappa shape index (κ2) is 6.82. The van der Waals surface area contributed by atoms with Crippen LogP contribution in [0.15, 0.2) is 66.1 Å². The van der Waals surface area contributed by atoms with Gasteiger partial charge in [-0.2, -0.15) is 0 Å². The first-order chi connectivity index (χ1) is 11.9. The Labute approximate surface area is 148 Å². The summed E-state index contributed by atoms with van der Waals surface area (Å²) in [6, 6.07) is 12.8. The highest BCUT2D eigenvalue weighted by molar-refractivity contribution is 7.89. The van der Waals surface area contributed by atoms with E-state index in [1.54, 1.807) is 25.5 Å². The molecule has 130 valence electrons. The van der Waals surface area contributed by atoms with Crippen molar-refractivity contribution in [2.45, 2.75) is 31.7 Å². The fraction of sp³-hybridized carbons (Fsp3) is 0.211. The summed E-state index contributed by atoms with van der Waals surface area (Å²) >= 11 is 0. The Balaban J connectivity index is 1.81. The van der Waals surface area contributed by atoms with E-state index in [9.17, 15) is 8.42 Å². The predicted molar refractivity (Wildman–Crippen MR) is 98.2 cm³/mol. The van der Waals surface area contributed by atoms with E-state index in [0.717, 1.165) is 22.4 Å². The molecule has 1 aromatic heterocycles. The van der Waals surface area contributed by atoms with Crippen molar-refractivity contribution in [2.24, 2.45) is 0 Å². The van der Waals surface area contributed by atoms with Gasteiger partial charge in [0, 0.05) is 24.1 Å². The van der Waals surface area contributed by atoms with Crippen molar-refractivity contribution >= 4 is 10.0 Å². The molecule has 0 radical (unpaired) electrons. The summed E-state index contributed by atoms with van der Waals surface area (Å²) in [5, 5.41) is 0. The normalized spacial score (nSPS) is 12.9. The summed E-state index contributed by atoms with van der Waals surface area (Å²) in [4.78, 5) is 4.35. The third kappa shape index (κ3) is 3.81. The van der Waals surface area contributed by atoms with Gasteiger partial charge in [-0.25, -0.2) is 18.1 Å². The highest BCUT2D eigenvalue weighted by Gasteiger charge is 2.20. The van der Waals surface area contributed by atoms with E-state index in [-0.39, 0.29) is 6.04 Å². The van der Waals surface area contributed by atoms with Gasteiger partial charge in [-0.05, 0) is 55.7 Å². The van der Waals surface area contributed by atoms with Gasteiger partial charge in [0.2, 0.25) is 10.0 Å². The number of nitrogens with zero attached hydrogens (tertiary/aromatic N) is 2. The Kier molecular flexibility index (Phi) is 4.74. The van der Waals surface area contributed by atoms with Crippen LogP contribution in [0.3, 0.4) is 0 Å². The Morgan fingerprint density at radius 3 is 2.44 bits per heavy atom. The molecule has 25 heavy (non-hydrogen) atoms. The van der Waals surface area contributed by atoms with Crippen LogP contribution in [0.1, 0.15) is 29.7 Å². The smallest absolute Gasteiger partial charge is 0.241 e. The minimum atomic E-state index is -3.58. The van der Waals surface area contributed by atoms with Crippen molar-refractivity contribution in [3.63, 3.8) is 0 Å². The van der Waals surface area contributed by atoms with Crippen molar-refractivity contribution < 1.29 is 8.42 Å². The maximum Gasteiger partial charge on any atom is 0.241 e. The number of aromatic nitrogens is 2.